The maximum Gasteiger partial charge on any atom is 0.292 e. The van der Waals surface area contributed by atoms with Crippen molar-refractivity contribution in [1.82, 2.24) is 4.57 Å². The van der Waals surface area contributed by atoms with Gasteiger partial charge in [-0.2, -0.15) is 0 Å². The molecule has 0 fully saturated rings. The Bertz CT molecular complexity index is 658. The minimum Gasteiger partial charge on any atom is -0.483 e. The predicted molar refractivity (Wildman–Crippen MR) is 81.3 cm³/mol. The Labute approximate surface area is 128 Å². The molecule has 0 unspecified atom stereocenters. The average molecular weight is 306 g/mol. The number of hydrogen-bond donors (Lipinski definition) is 1. The monoisotopic (exact) mass is 306 g/mol. The quantitative estimate of drug-likeness (QED) is 0.751. The molecule has 6 heteroatoms. The van der Waals surface area contributed by atoms with E-state index in [1.165, 1.54) is 10.6 Å². The Kier molecular flexibility index (Phi) is 6.12. The van der Waals surface area contributed by atoms with Crippen LogP contribution in [0.2, 0.25) is 0 Å². The molecule has 5 nitrogen and oxygen atoms in total. The number of pyridine rings is 1. The van der Waals surface area contributed by atoms with Crippen molar-refractivity contribution in [3.05, 3.63) is 64.3 Å². The fraction of sp³-hybridized carbons (Fsp3) is 0.312. The molecular weight excluding hydrogens is 287 g/mol. The van der Waals surface area contributed by atoms with E-state index in [0.717, 1.165) is 0 Å². The maximum atomic E-state index is 13.5. The Balaban J connectivity index is 2.00. The number of rotatable bonds is 8. The number of hydrogen-bond acceptors (Lipinski definition) is 4. The predicted octanol–water partition coefficient (Wildman–Crippen LogP) is 1.54. The zero-order valence-corrected chi connectivity index (χ0v) is 12.2. The molecule has 22 heavy (non-hydrogen) atoms. The summed E-state index contributed by atoms with van der Waals surface area (Å²) in [5, 5.41) is 0. The summed E-state index contributed by atoms with van der Waals surface area (Å²) in [6, 6.07) is 9.59. The second-order valence-electron chi connectivity index (χ2n) is 4.65. The van der Waals surface area contributed by atoms with Crippen molar-refractivity contribution in [2.45, 2.75) is 13.2 Å². The van der Waals surface area contributed by atoms with E-state index < -0.39 is 0 Å². The molecule has 0 aliphatic heterocycles. The standard InChI is InChI=1S/C16H19FN2O3/c17-14-5-2-1-4-13(14)12-22-15-6-3-8-19(16(15)20)9-11-21-10-7-18/h1-6,8H,7,9-12,18H2. The van der Waals surface area contributed by atoms with Gasteiger partial charge >= 0.3 is 0 Å². The van der Waals surface area contributed by atoms with E-state index in [1.54, 1.807) is 36.5 Å². The lowest BCUT2D eigenvalue weighted by Crippen LogP contribution is -2.24. The number of nitrogens with two attached hydrogens (primary N) is 1. The molecule has 2 rings (SSSR count). The van der Waals surface area contributed by atoms with Gasteiger partial charge in [-0.1, -0.05) is 18.2 Å². The molecule has 1 aromatic carbocycles. The lowest BCUT2D eigenvalue weighted by Gasteiger charge is -2.10. The van der Waals surface area contributed by atoms with Crippen molar-refractivity contribution in [3.8, 4) is 5.75 Å². The summed E-state index contributed by atoms with van der Waals surface area (Å²) in [6.45, 7) is 1.72. The SMILES string of the molecule is NCCOCCn1cccc(OCc2ccccc2F)c1=O. The first-order valence-electron chi connectivity index (χ1n) is 7.06. The smallest absolute Gasteiger partial charge is 0.292 e. The summed E-state index contributed by atoms with van der Waals surface area (Å²) in [4.78, 5) is 12.2. The fourth-order valence-electron chi connectivity index (χ4n) is 1.92. The molecule has 0 aliphatic carbocycles. The van der Waals surface area contributed by atoms with Crippen LogP contribution in [0.4, 0.5) is 4.39 Å². The summed E-state index contributed by atoms with van der Waals surface area (Å²) >= 11 is 0. The average Bonchev–Trinajstić information content (AvgIpc) is 2.53. The van der Waals surface area contributed by atoms with Crippen molar-refractivity contribution in [3.63, 3.8) is 0 Å². The highest BCUT2D eigenvalue weighted by atomic mass is 19.1. The van der Waals surface area contributed by atoms with Crippen LogP contribution in [-0.4, -0.2) is 24.3 Å². The third-order valence-corrected chi connectivity index (χ3v) is 3.06. The number of aromatic nitrogens is 1. The Morgan fingerprint density at radius 1 is 1.14 bits per heavy atom. The maximum absolute atomic E-state index is 13.5. The summed E-state index contributed by atoms with van der Waals surface area (Å²) in [7, 11) is 0. The van der Waals surface area contributed by atoms with Gasteiger partial charge in [-0.3, -0.25) is 4.79 Å². The normalized spacial score (nSPS) is 10.6. The first-order valence-corrected chi connectivity index (χ1v) is 7.06. The number of benzene rings is 1. The van der Waals surface area contributed by atoms with Crippen molar-refractivity contribution in [2.24, 2.45) is 5.73 Å². The summed E-state index contributed by atoms with van der Waals surface area (Å²) in [6.07, 6.45) is 1.66. The van der Waals surface area contributed by atoms with Crippen molar-refractivity contribution < 1.29 is 13.9 Å². The molecule has 1 heterocycles. The highest BCUT2D eigenvalue weighted by Gasteiger charge is 2.06. The molecule has 2 aromatic rings. The van der Waals surface area contributed by atoms with Crippen LogP contribution in [0.1, 0.15) is 5.56 Å². The molecule has 1 aromatic heterocycles. The van der Waals surface area contributed by atoms with E-state index in [9.17, 15) is 9.18 Å². The molecule has 0 saturated heterocycles. The number of ether oxygens (including phenoxy) is 2. The minimum absolute atomic E-state index is 0.00952. The van der Waals surface area contributed by atoms with Gasteiger partial charge in [-0.15, -0.1) is 0 Å². The van der Waals surface area contributed by atoms with Crippen molar-refractivity contribution in [2.75, 3.05) is 19.8 Å². The van der Waals surface area contributed by atoms with Gasteiger partial charge in [-0.25, -0.2) is 4.39 Å². The van der Waals surface area contributed by atoms with Gasteiger partial charge in [0.05, 0.1) is 13.2 Å². The molecule has 2 N–H and O–H groups in total. The highest BCUT2D eigenvalue weighted by molar-refractivity contribution is 5.20. The van der Waals surface area contributed by atoms with Crippen LogP contribution in [-0.2, 0) is 17.9 Å². The Morgan fingerprint density at radius 3 is 2.73 bits per heavy atom. The number of nitrogens with zero attached hydrogens (tertiary/aromatic N) is 1. The van der Waals surface area contributed by atoms with Gasteiger partial charge in [-0.05, 0) is 18.2 Å². The van der Waals surface area contributed by atoms with Crippen LogP contribution in [0.25, 0.3) is 0 Å². The van der Waals surface area contributed by atoms with Gasteiger partial charge in [0.2, 0.25) is 0 Å². The van der Waals surface area contributed by atoms with E-state index in [0.29, 0.717) is 31.9 Å². The summed E-state index contributed by atoms with van der Waals surface area (Å²) in [5.41, 5.74) is 5.46. The second kappa shape index (κ2) is 8.31. The van der Waals surface area contributed by atoms with Crippen molar-refractivity contribution >= 4 is 0 Å². The molecule has 0 amide bonds. The highest BCUT2D eigenvalue weighted by Crippen LogP contribution is 2.10. The van der Waals surface area contributed by atoms with Crippen LogP contribution >= 0.6 is 0 Å². The van der Waals surface area contributed by atoms with E-state index in [2.05, 4.69) is 0 Å². The largest absolute Gasteiger partial charge is 0.483 e. The van der Waals surface area contributed by atoms with Crippen molar-refractivity contribution in [1.29, 1.82) is 0 Å². The second-order valence-corrected chi connectivity index (χ2v) is 4.65. The summed E-state index contributed by atoms with van der Waals surface area (Å²) < 4.78 is 25.7. The van der Waals surface area contributed by atoms with E-state index in [-0.39, 0.29) is 23.7 Å². The van der Waals surface area contributed by atoms with Crippen LogP contribution < -0.4 is 16.0 Å². The van der Waals surface area contributed by atoms with Gasteiger partial charge in [0, 0.05) is 24.8 Å². The topological polar surface area (TPSA) is 66.5 Å². The summed E-state index contributed by atoms with van der Waals surface area (Å²) in [5.74, 6) is -0.168. The molecule has 0 atom stereocenters. The van der Waals surface area contributed by atoms with Gasteiger partial charge in [0.1, 0.15) is 12.4 Å². The van der Waals surface area contributed by atoms with E-state index in [1.807, 2.05) is 0 Å². The van der Waals surface area contributed by atoms with E-state index >= 15 is 0 Å². The molecule has 0 aliphatic rings. The van der Waals surface area contributed by atoms with Crippen LogP contribution in [0.15, 0.2) is 47.4 Å². The first kappa shape index (κ1) is 16.2. The third-order valence-electron chi connectivity index (χ3n) is 3.06. The van der Waals surface area contributed by atoms with Gasteiger partial charge in [0.25, 0.3) is 5.56 Å². The first-order chi connectivity index (χ1) is 10.7. The molecule has 118 valence electrons. The third kappa shape index (κ3) is 4.41. The zero-order chi connectivity index (χ0) is 15.8. The Morgan fingerprint density at radius 2 is 1.95 bits per heavy atom. The van der Waals surface area contributed by atoms with Crippen LogP contribution in [0.5, 0.6) is 5.75 Å². The molecule has 0 bridgehead atoms. The number of halogens is 1. The molecule has 0 saturated carbocycles. The molecular formula is C16H19FN2O3. The van der Waals surface area contributed by atoms with E-state index in [4.69, 9.17) is 15.2 Å². The Hall–Kier alpha value is -2.18. The van der Waals surface area contributed by atoms with Crippen LogP contribution in [0.3, 0.4) is 0 Å². The zero-order valence-electron chi connectivity index (χ0n) is 12.2. The lowest BCUT2D eigenvalue weighted by atomic mass is 10.2. The lowest BCUT2D eigenvalue weighted by molar-refractivity contribution is 0.132. The molecule has 0 radical (unpaired) electrons. The van der Waals surface area contributed by atoms with Gasteiger partial charge in [0.15, 0.2) is 5.75 Å². The molecule has 0 spiro atoms. The van der Waals surface area contributed by atoms with Crippen LogP contribution in [0, 0.1) is 5.82 Å². The fourth-order valence-corrected chi connectivity index (χ4v) is 1.92. The minimum atomic E-state index is -0.353. The van der Waals surface area contributed by atoms with Gasteiger partial charge < -0.3 is 19.8 Å².